The van der Waals surface area contributed by atoms with E-state index in [9.17, 15) is 22.8 Å². The van der Waals surface area contributed by atoms with E-state index in [-0.39, 0.29) is 35.0 Å². The molecule has 3 aromatic rings. The Morgan fingerprint density at radius 1 is 1.25 bits per heavy atom. The number of halogens is 3. The predicted octanol–water partition coefficient (Wildman–Crippen LogP) is 5.54. The number of carbonyl (C=O) groups is 2. The number of hydrogen-bond donors (Lipinski definition) is 1. The number of nitrogens with one attached hydrogen (secondary N) is 1. The number of hydrogen-bond acceptors (Lipinski definition) is 5. The maximum Gasteiger partial charge on any atom is 0.416 e. The van der Waals surface area contributed by atoms with Gasteiger partial charge in [0.25, 0.3) is 5.91 Å². The lowest BCUT2D eigenvalue weighted by molar-refractivity contribution is -0.138. The smallest absolute Gasteiger partial charge is 0.335 e. The first-order valence-electron chi connectivity index (χ1n) is 15.1. The summed E-state index contributed by atoms with van der Waals surface area (Å²) in [4.78, 5) is 29.2. The molecule has 2 aromatic carbocycles. The van der Waals surface area contributed by atoms with Crippen LogP contribution in [0.25, 0.3) is 0 Å². The lowest BCUT2D eigenvalue weighted by atomic mass is 9.58. The van der Waals surface area contributed by atoms with Crippen LogP contribution >= 0.6 is 0 Å². The Balaban J connectivity index is 1.29. The van der Waals surface area contributed by atoms with Crippen molar-refractivity contribution in [2.45, 2.75) is 69.8 Å². The first kappa shape index (κ1) is 30.1. The van der Waals surface area contributed by atoms with Crippen LogP contribution in [-0.2, 0) is 30.0 Å². The molecule has 0 radical (unpaired) electrons. The minimum Gasteiger partial charge on any atom is -0.335 e. The van der Waals surface area contributed by atoms with Crippen LogP contribution in [0.2, 0.25) is 0 Å². The zero-order valence-corrected chi connectivity index (χ0v) is 25.2. The summed E-state index contributed by atoms with van der Waals surface area (Å²) >= 11 is 0. The first-order valence-corrected chi connectivity index (χ1v) is 15.1. The molecule has 2 fully saturated rings. The monoisotopic (exact) mass is 606 g/mol. The van der Waals surface area contributed by atoms with Crippen molar-refractivity contribution in [3.63, 3.8) is 0 Å². The zero-order chi connectivity index (χ0) is 31.4. The number of carbonyl (C=O) groups excluding carboxylic acids is 2. The number of alkyl halides is 3. The number of nitrogens with zero attached hydrogens (tertiary/aromatic N) is 5. The summed E-state index contributed by atoms with van der Waals surface area (Å²) < 4.78 is 45.2. The molecule has 6 rings (SSSR count). The number of rotatable bonds is 8. The Hall–Kier alpha value is -3.99. The van der Waals surface area contributed by atoms with Gasteiger partial charge in [0.2, 0.25) is 5.91 Å². The summed E-state index contributed by atoms with van der Waals surface area (Å²) in [6, 6.07) is 9.75. The van der Waals surface area contributed by atoms with Gasteiger partial charge in [-0.1, -0.05) is 25.6 Å². The lowest BCUT2D eigenvalue weighted by Crippen LogP contribution is -2.43. The lowest BCUT2D eigenvalue weighted by Gasteiger charge is -2.46. The molecule has 44 heavy (non-hydrogen) atoms. The quantitative estimate of drug-likeness (QED) is 0.341. The van der Waals surface area contributed by atoms with Crippen LogP contribution in [0.15, 0.2) is 55.4 Å². The van der Waals surface area contributed by atoms with E-state index in [0.717, 1.165) is 43.1 Å². The van der Waals surface area contributed by atoms with Crippen LogP contribution in [0, 0.1) is 5.92 Å². The largest absolute Gasteiger partial charge is 0.416 e. The second kappa shape index (κ2) is 11.2. The summed E-state index contributed by atoms with van der Waals surface area (Å²) in [7, 11) is 1.90. The molecule has 2 amide bonds. The molecule has 3 heterocycles. The average Bonchev–Trinajstić information content (AvgIpc) is 3.71. The highest BCUT2D eigenvalue weighted by atomic mass is 19.4. The third kappa shape index (κ3) is 5.10. The third-order valence-electron chi connectivity index (χ3n) is 9.61. The van der Waals surface area contributed by atoms with Gasteiger partial charge in [0, 0.05) is 43.5 Å². The molecular formula is C33H37F3N6O2. The van der Waals surface area contributed by atoms with E-state index in [0.29, 0.717) is 30.3 Å². The van der Waals surface area contributed by atoms with Crippen molar-refractivity contribution in [1.29, 1.82) is 0 Å². The number of anilines is 1. The van der Waals surface area contributed by atoms with Crippen molar-refractivity contribution in [2.24, 2.45) is 13.0 Å². The SMILES string of the molecule is C=CC(=O)N1CCC[C@H]1CNC(C)c1cc2c(c(C(F)(F)F)c1)CN(c1cccc(C3(c4nncn4C)CC(C)C3)c1)C2=O. The highest BCUT2D eigenvalue weighted by molar-refractivity contribution is 6.10. The van der Waals surface area contributed by atoms with Gasteiger partial charge in [0.05, 0.1) is 17.5 Å². The molecule has 1 aromatic heterocycles. The minimum absolute atomic E-state index is 0.0114. The van der Waals surface area contributed by atoms with Crippen LogP contribution in [-0.4, -0.2) is 50.6 Å². The molecule has 1 aliphatic carbocycles. The maximum absolute atomic E-state index is 14.4. The normalized spacial score (nSPS) is 23.9. The van der Waals surface area contributed by atoms with Crippen molar-refractivity contribution in [3.8, 4) is 0 Å². The van der Waals surface area contributed by atoms with E-state index in [2.05, 4.69) is 29.0 Å². The van der Waals surface area contributed by atoms with E-state index >= 15 is 0 Å². The molecule has 8 nitrogen and oxygen atoms in total. The average molecular weight is 607 g/mol. The van der Waals surface area contributed by atoms with E-state index in [4.69, 9.17) is 0 Å². The molecule has 2 atom stereocenters. The molecule has 232 valence electrons. The summed E-state index contributed by atoms with van der Waals surface area (Å²) in [5.41, 5.74) is 0.800. The number of aromatic nitrogens is 3. The van der Waals surface area contributed by atoms with Gasteiger partial charge >= 0.3 is 6.18 Å². The molecule has 0 bridgehead atoms. The minimum atomic E-state index is -4.63. The fourth-order valence-corrected chi connectivity index (χ4v) is 7.39. The van der Waals surface area contributed by atoms with Gasteiger partial charge in [-0.15, -0.1) is 10.2 Å². The molecule has 3 aliphatic rings. The highest BCUT2D eigenvalue weighted by Gasteiger charge is 2.48. The van der Waals surface area contributed by atoms with E-state index in [1.165, 1.54) is 11.0 Å². The van der Waals surface area contributed by atoms with Gasteiger partial charge < -0.3 is 19.7 Å². The molecule has 2 aliphatic heterocycles. The van der Waals surface area contributed by atoms with Gasteiger partial charge in [0.1, 0.15) is 12.2 Å². The Bertz CT molecular complexity index is 1610. The van der Waals surface area contributed by atoms with Gasteiger partial charge in [0.15, 0.2) is 0 Å². The molecule has 11 heteroatoms. The van der Waals surface area contributed by atoms with E-state index in [1.807, 2.05) is 29.8 Å². The fourth-order valence-electron chi connectivity index (χ4n) is 7.39. The summed E-state index contributed by atoms with van der Waals surface area (Å²) in [5, 5.41) is 11.8. The number of amides is 2. The molecule has 1 N–H and O–H groups in total. The predicted molar refractivity (Wildman–Crippen MR) is 160 cm³/mol. The number of benzene rings is 2. The third-order valence-corrected chi connectivity index (χ3v) is 9.61. The summed E-state index contributed by atoms with van der Waals surface area (Å²) in [6.07, 6.45) is 1.72. The van der Waals surface area contributed by atoms with Gasteiger partial charge in [-0.05, 0) is 85.6 Å². The van der Waals surface area contributed by atoms with Gasteiger partial charge in [-0.25, -0.2) is 0 Å². The van der Waals surface area contributed by atoms with Crippen LogP contribution in [0.4, 0.5) is 18.9 Å². The number of likely N-dealkylation sites (tertiary alicyclic amines) is 1. The molecular weight excluding hydrogens is 569 g/mol. The van der Waals surface area contributed by atoms with Gasteiger partial charge in [-0.2, -0.15) is 13.2 Å². The first-order chi connectivity index (χ1) is 20.9. The van der Waals surface area contributed by atoms with Crippen LogP contribution in [0.1, 0.15) is 84.0 Å². The fraction of sp³-hybridized carbons (Fsp3) is 0.455. The summed E-state index contributed by atoms with van der Waals surface area (Å²) in [6.45, 7) is 8.42. The second-order valence-corrected chi connectivity index (χ2v) is 12.6. The zero-order valence-electron chi connectivity index (χ0n) is 25.2. The van der Waals surface area contributed by atoms with Crippen LogP contribution < -0.4 is 10.2 Å². The highest BCUT2D eigenvalue weighted by Crippen LogP contribution is 2.52. The number of aryl methyl sites for hydroxylation is 1. The van der Waals surface area contributed by atoms with Crippen molar-refractivity contribution in [2.75, 3.05) is 18.0 Å². The van der Waals surface area contributed by atoms with Crippen molar-refractivity contribution < 1.29 is 22.8 Å². The summed E-state index contributed by atoms with van der Waals surface area (Å²) in [5.74, 6) is 0.715. The van der Waals surface area contributed by atoms with E-state index in [1.54, 1.807) is 30.3 Å². The van der Waals surface area contributed by atoms with Crippen molar-refractivity contribution in [3.05, 3.63) is 89.0 Å². The van der Waals surface area contributed by atoms with Gasteiger partial charge in [-0.3, -0.25) is 9.59 Å². The topological polar surface area (TPSA) is 83.4 Å². The molecule has 0 spiro atoms. The Morgan fingerprint density at radius 2 is 2.02 bits per heavy atom. The maximum atomic E-state index is 14.4. The number of fused-ring (bicyclic) bond motifs is 1. The molecule has 1 unspecified atom stereocenters. The van der Waals surface area contributed by atoms with E-state index < -0.39 is 23.7 Å². The Morgan fingerprint density at radius 3 is 2.68 bits per heavy atom. The second-order valence-electron chi connectivity index (χ2n) is 12.6. The van der Waals surface area contributed by atoms with Crippen LogP contribution in [0.5, 0.6) is 0 Å². The van der Waals surface area contributed by atoms with Crippen molar-refractivity contribution >= 4 is 17.5 Å². The molecule has 1 saturated carbocycles. The van der Waals surface area contributed by atoms with Crippen LogP contribution in [0.3, 0.4) is 0 Å². The molecule has 1 saturated heterocycles. The Labute approximate surface area is 254 Å². The Kier molecular flexibility index (Phi) is 7.63. The standard InChI is InChI=1S/C33H37F3N6O2/c1-5-29(43)41-11-7-10-25(41)17-37-21(3)22-12-26-27(28(13-22)33(34,35)36)18-42(30(26)44)24-9-6-8-23(14-24)32(15-20(2)16-32)31-39-38-19-40(31)4/h5-6,8-9,12-14,19-21,25,37H,1,7,10-11,15-18H2,2-4H3/t20?,21?,25-,32?/m0/s1. The van der Waals surface area contributed by atoms with Crippen molar-refractivity contribution in [1.82, 2.24) is 25.0 Å².